The molecule has 7 heteroatoms. The molecule has 0 radical (unpaired) electrons. The molecule has 0 saturated heterocycles. The first-order valence-corrected chi connectivity index (χ1v) is 12.3. The van der Waals surface area contributed by atoms with Crippen molar-refractivity contribution < 1.29 is 18.0 Å². The number of carbonyl (C=O) groups is 2. The summed E-state index contributed by atoms with van der Waals surface area (Å²) in [6.07, 6.45) is 4.89. The highest BCUT2D eigenvalue weighted by Gasteiger charge is 2.41. The van der Waals surface area contributed by atoms with Crippen molar-refractivity contribution >= 4 is 21.7 Å². The number of benzene rings is 1. The number of nitrogens with one attached hydrogen (secondary N) is 1. The quantitative estimate of drug-likeness (QED) is 0.766. The number of hydrogen-bond acceptors (Lipinski definition) is 4. The van der Waals surface area contributed by atoms with Crippen LogP contribution in [0.15, 0.2) is 24.3 Å². The lowest BCUT2D eigenvalue weighted by Gasteiger charge is -2.30. The minimum absolute atomic E-state index is 0.162. The molecule has 1 unspecified atom stereocenters. The van der Waals surface area contributed by atoms with E-state index in [1.54, 1.807) is 18.7 Å². The molecular formula is C22H32N2O4S. The van der Waals surface area contributed by atoms with Gasteiger partial charge in [0.2, 0.25) is 11.8 Å². The Labute approximate surface area is 174 Å². The van der Waals surface area contributed by atoms with Crippen molar-refractivity contribution in [1.29, 1.82) is 0 Å². The number of nitrogens with zero attached hydrogens (tertiary/aromatic N) is 1. The molecule has 29 heavy (non-hydrogen) atoms. The van der Waals surface area contributed by atoms with Crippen LogP contribution in [0, 0.1) is 5.92 Å². The van der Waals surface area contributed by atoms with Crippen molar-refractivity contribution in [2.24, 2.45) is 5.92 Å². The monoisotopic (exact) mass is 420 g/mol. The number of carbonyl (C=O) groups excluding carboxylic acids is 2. The zero-order valence-electron chi connectivity index (χ0n) is 17.4. The second kappa shape index (κ2) is 9.28. The van der Waals surface area contributed by atoms with E-state index in [0.717, 1.165) is 31.2 Å². The Hall–Kier alpha value is -1.89. The SMILES string of the molecule is CC(C)C(C(=O)NCC(=O)N1CCc2ccccc2C1)S(=O)(=O)C1CCCCC1. The molecular weight excluding hydrogens is 388 g/mol. The van der Waals surface area contributed by atoms with Gasteiger partial charge in [-0.2, -0.15) is 0 Å². The molecule has 2 amide bonds. The Morgan fingerprint density at radius 2 is 1.76 bits per heavy atom. The Bertz CT molecular complexity index is 844. The number of rotatable bonds is 6. The van der Waals surface area contributed by atoms with Crippen LogP contribution in [-0.4, -0.2) is 48.7 Å². The maximum absolute atomic E-state index is 13.1. The molecule has 6 nitrogen and oxygen atoms in total. The summed E-state index contributed by atoms with van der Waals surface area (Å²) in [5.74, 6) is -1.05. The minimum atomic E-state index is -3.57. The second-order valence-electron chi connectivity index (χ2n) is 8.57. The maximum atomic E-state index is 13.1. The molecule has 1 aliphatic carbocycles. The lowest BCUT2D eigenvalue weighted by atomic mass is 10.00. The molecule has 0 spiro atoms. The number of sulfone groups is 1. The third-order valence-corrected chi connectivity index (χ3v) is 9.00. The van der Waals surface area contributed by atoms with Crippen molar-refractivity contribution in [2.45, 2.75) is 69.4 Å². The van der Waals surface area contributed by atoms with Crippen LogP contribution in [0.5, 0.6) is 0 Å². The van der Waals surface area contributed by atoms with E-state index in [4.69, 9.17) is 0 Å². The zero-order chi connectivity index (χ0) is 21.0. The van der Waals surface area contributed by atoms with Crippen LogP contribution in [0.3, 0.4) is 0 Å². The fourth-order valence-corrected chi connectivity index (χ4v) is 7.06. The summed E-state index contributed by atoms with van der Waals surface area (Å²) < 4.78 is 26.2. The van der Waals surface area contributed by atoms with Crippen LogP contribution in [-0.2, 0) is 32.4 Å². The Kier molecular flexibility index (Phi) is 6.98. The highest BCUT2D eigenvalue weighted by Crippen LogP contribution is 2.29. The molecule has 1 fully saturated rings. The molecule has 1 saturated carbocycles. The molecule has 3 rings (SSSR count). The van der Waals surface area contributed by atoms with Gasteiger partial charge in [0.1, 0.15) is 5.25 Å². The predicted octanol–water partition coefficient (Wildman–Crippen LogP) is 2.46. The number of hydrogen-bond donors (Lipinski definition) is 1. The summed E-state index contributed by atoms with van der Waals surface area (Å²) in [6.45, 7) is 4.49. The van der Waals surface area contributed by atoms with Gasteiger partial charge < -0.3 is 10.2 Å². The van der Waals surface area contributed by atoms with Gasteiger partial charge in [-0.25, -0.2) is 8.42 Å². The van der Waals surface area contributed by atoms with Crippen molar-refractivity contribution in [1.82, 2.24) is 10.2 Å². The first-order valence-electron chi connectivity index (χ1n) is 10.7. The van der Waals surface area contributed by atoms with E-state index >= 15 is 0 Å². The summed E-state index contributed by atoms with van der Waals surface area (Å²) in [7, 11) is -3.57. The fourth-order valence-electron chi connectivity index (χ4n) is 4.52. The van der Waals surface area contributed by atoms with Crippen LogP contribution >= 0.6 is 0 Å². The highest BCUT2D eigenvalue weighted by atomic mass is 32.2. The van der Waals surface area contributed by atoms with Gasteiger partial charge in [-0.3, -0.25) is 9.59 Å². The van der Waals surface area contributed by atoms with Crippen LogP contribution < -0.4 is 5.32 Å². The van der Waals surface area contributed by atoms with Gasteiger partial charge in [0, 0.05) is 13.1 Å². The van der Waals surface area contributed by atoms with E-state index in [1.807, 2.05) is 18.2 Å². The minimum Gasteiger partial charge on any atom is -0.346 e. The summed E-state index contributed by atoms with van der Waals surface area (Å²) in [6, 6.07) is 8.04. The van der Waals surface area contributed by atoms with E-state index in [2.05, 4.69) is 11.4 Å². The molecule has 0 bridgehead atoms. The fraction of sp³-hybridized carbons (Fsp3) is 0.636. The van der Waals surface area contributed by atoms with Crippen molar-refractivity contribution in [3.8, 4) is 0 Å². The average molecular weight is 421 g/mol. The Balaban J connectivity index is 1.61. The predicted molar refractivity (Wildman–Crippen MR) is 113 cm³/mol. The van der Waals surface area contributed by atoms with Gasteiger partial charge >= 0.3 is 0 Å². The summed E-state index contributed by atoms with van der Waals surface area (Å²) in [5, 5.41) is 1.08. The van der Waals surface area contributed by atoms with Crippen molar-refractivity contribution in [3.63, 3.8) is 0 Å². The van der Waals surface area contributed by atoms with E-state index in [0.29, 0.717) is 25.9 Å². The molecule has 1 aliphatic heterocycles. The van der Waals surface area contributed by atoms with Gasteiger partial charge in [0.15, 0.2) is 9.84 Å². The zero-order valence-corrected chi connectivity index (χ0v) is 18.2. The van der Waals surface area contributed by atoms with Crippen molar-refractivity contribution in [3.05, 3.63) is 35.4 Å². The Morgan fingerprint density at radius 3 is 2.41 bits per heavy atom. The topological polar surface area (TPSA) is 83.6 Å². The summed E-state index contributed by atoms with van der Waals surface area (Å²) in [4.78, 5) is 27.1. The molecule has 2 aliphatic rings. The van der Waals surface area contributed by atoms with E-state index in [1.165, 1.54) is 5.56 Å². The largest absolute Gasteiger partial charge is 0.346 e. The summed E-state index contributed by atoms with van der Waals surface area (Å²) in [5.41, 5.74) is 2.37. The molecule has 1 atom stereocenters. The summed E-state index contributed by atoms with van der Waals surface area (Å²) >= 11 is 0. The lowest BCUT2D eigenvalue weighted by Crippen LogP contribution is -2.50. The van der Waals surface area contributed by atoms with Crippen LogP contribution in [0.25, 0.3) is 0 Å². The van der Waals surface area contributed by atoms with Crippen molar-refractivity contribution in [2.75, 3.05) is 13.1 Å². The normalized spacial score (nSPS) is 18.9. The number of amides is 2. The average Bonchev–Trinajstić information content (AvgIpc) is 2.72. The van der Waals surface area contributed by atoms with Crippen LogP contribution in [0.2, 0.25) is 0 Å². The maximum Gasteiger partial charge on any atom is 0.242 e. The van der Waals surface area contributed by atoms with Gasteiger partial charge in [0.25, 0.3) is 0 Å². The van der Waals surface area contributed by atoms with Crippen LogP contribution in [0.4, 0.5) is 0 Å². The van der Waals surface area contributed by atoms with E-state index < -0.39 is 26.2 Å². The Morgan fingerprint density at radius 1 is 1.10 bits per heavy atom. The third-order valence-electron chi connectivity index (χ3n) is 6.13. The standard InChI is InChI=1S/C22H32N2O4S/c1-16(2)21(29(27,28)19-10-4-3-5-11-19)22(26)23-14-20(25)24-13-12-17-8-6-7-9-18(17)15-24/h6-9,16,19,21H,3-5,10-15H2,1-2H3,(H,23,26). The third kappa shape index (κ3) is 5.00. The highest BCUT2D eigenvalue weighted by molar-refractivity contribution is 7.93. The molecule has 1 aromatic carbocycles. The van der Waals surface area contributed by atoms with Gasteiger partial charge in [-0.15, -0.1) is 0 Å². The smallest absolute Gasteiger partial charge is 0.242 e. The number of fused-ring (bicyclic) bond motifs is 1. The van der Waals surface area contributed by atoms with Gasteiger partial charge in [-0.05, 0) is 36.3 Å². The second-order valence-corrected chi connectivity index (χ2v) is 10.9. The first kappa shape index (κ1) is 21.8. The molecule has 1 aromatic rings. The van der Waals surface area contributed by atoms with Gasteiger partial charge in [0.05, 0.1) is 11.8 Å². The van der Waals surface area contributed by atoms with E-state index in [9.17, 15) is 18.0 Å². The van der Waals surface area contributed by atoms with Crippen LogP contribution in [0.1, 0.15) is 57.1 Å². The molecule has 160 valence electrons. The molecule has 0 aromatic heterocycles. The van der Waals surface area contributed by atoms with Gasteiger partial charge in [-0.1, -0.05) is 57.4 Å². The first-order chi connectivity index (χ1) is 13.8. The lowest BCUT2D eigenvalue weighted by molar-refractivity contribution is -0.133. The molecule has 1 heterocycles. The van der Waals surface area contributed by atoms with E-state index in [-0.39, 0.29) is 18.4 Å². The molecule has 1 N–H and O–H groups in total.